The van der Waals surface area contributed by atoms with Gasteiger partial charge in [0.15, 0.2) is 0 Å². The molecule has 0 aromatic carbocycles. The van der Waals surface area contributed by atoms with E-state index in [4.69, 9.17) is 9.47 Å². The molecule has 0 bridgehead atoms. The first kappa shape index (κ1) is 18.0. The van der Waals surface area contributed by atoms with Gasteiger partial charge in [0.25, 0.3) is 0 Å². The fourth-order valence-electron chi connectivity index (χ4n) is 2.55. The van der Waals surface area contributed by atoms with Crippen LogP contribution in [-0.4, -0.2) is 24.8 Å². The summed E-state index contributed by atoms with van der Waals surface area (Å²) in [5.74, 6) is 0.0399. The molecule has 1 fully saturated rings. The predicted molar refractivity (Wildman–Crippen MR) is 86.1 cm³/mol. The second kappa shape index (κ2) is 10.6. The van der Waals surface area contributed by atoms with Gasteiger partial charge in [-0.25, -0.2) is 0 Å². The van der Waals surface area contributed by atoms with Crippen molar-refractivity contribution in [2.75, 3.05) is 6.61 Å². The molecule has 1 saturated carbocycles. The van der Waals surface area contributed by atoms with Crippen LogP contribution < -0.4 is 0 Å². The molecule has 0 spiro atoms. The molecule has 0 aliphatic heterocycles. The normalized spacial score (nSPS) is 23.9. The number of hydrogen-bond acceptors (Lipinski definition) is 3. The summed E-state index contributed by atoms with van der Waals surface area (Å²) >= 11 is 0. The summed E-state index contributed by atoms with van der Waals surface area (Å²) in [6, 6.07) is 0. The molecule has 1 aliphatic carbocycles. The highest BCUT2D eigenvalue weighted by Gasteiger charge is 2.29. The number of esters is 1. The standard InChI is InChI=1S/C18H30O3/c1-4-6-7-10-13-20-16-11-8-9-12-17(16)21-18(19)14-15(3)5-2/h4-6,15-17H,2,7-14H2,1,3H3. The van der Waals surface area contributed by atoms with E-state index in [9.17, 15) is 4.79 Å². The SMILES string of the molecule is C=CC(C)CC(=O)OC1CCCCC1OCCCC=CC. The Morgan fingerprint density at radius 3 is 2.71 bits per heavy atom. The highest BCUT2D eigenvalue weighted by atomic mass is 16.6. The number of carbonyl (C=O) groups is 1. The highest BCUT2D eigenvalue weighted by molar-refractivity contribution is 5.70. The van der Waals surface area contributed by atoms with Crippen molar-refractivity contribution in [3.8, 4) is 0 Å². The molecular weight excluding hydrogens is 264 g/mol. The van der Waals surface area contributed by atoms with E-state index in [2.05, 4.69) is 18.7 Å². The Bertz CT molecular complexity index is 335. The summed E-state index contributed by atoms with van der Waals surface area (Å²) in [4.78, 5) is 11.9. The highest BCUT2D eigenvalue weighted by Crippen LogP contribution is 2.25. The van der Waals surface area contributed by atoms with Gasteiger partial charge >= 0.3 is 5.97 Å². The summed E-state index contributed by atoms with van der Waals surface area (Å²) in [6.07, 6.45) is 12.7. The van der Waals surface area contributed by atoms with E-state index in [-0.39, 0.29) is 24.1 Å². The van der Waals surface area contributed by atoms with Crippen LogP contribution >= 0.6 is 0 Å². The molecule has 1 rings (SSSR count). The van der Waals surface area contributed by atoms with Crippen LogP contribution in [0.1, 0.15) is 58.8 Å². The molecule has 0 radical (unpaired) electrons. The van der Waals surface area contributed by atoms with Gasteiger partial charge in [-0.15, -0.1) is 6.58 Å². The minimum atomic E-state index is -0.128. The van der Waals surface area contributed by atoms with Gasteiger partial charge in [0.1, 0.15) is 6.10 Å². The lowest BCUT2D eigenvalue weighted by Gasteiger charge is -2.31. The zero-order valence-corrected chi connectivity index (χ0v) is 13.6. The molecule has 120 valence electrons. The smallest absolute Gasteiger partial charge is 0.306 e. The number of carbonyl (C=O) groups excluding carboxylic acids is 1. The average Bonchev–Trinajstić information content (AvgIpc) is 2.48. The number of hydrogen-bond donors (Lipinski definition) is 0. The van der Waals surface area contributed by atoms with E-state index in [0.29, 0.717) is 6.42 Å². The lowest BCUT2D eigenvalue weighted by atomic mass is 9.94. The van der Waals surface area contributed by atoms with Gasteiger partial charge in [-0.3, -0.25) is 4.79 Å². The lowest BCUT2D eigenvalue weighted by molar-refractivity contribution is -0.161. The van der Waals surface area contributed by atoms with Crippen molar-refractivity contribution in [3.63, 3.8) is 0 Å². The van der Waals surface area contributed by atoms with Gasteiger partial charge in [-0.05, 0) is 44.9 Å². The van der Waals surface area contributed by atoms with Crippen molar-refractivity contribution in [2.24, 2.45) is 5.92 Å². The molecule has 3 heteroatoms. The molecular formula is C18H30O3. The van der Waals surface area contributed by atoms with Gasteiger partial charge < -0.3 is 9.47 Å². The number of ether oxygens (including phenoxy) is 2. The Kier molecular flexibility index (Phi) is 9.07. The number of allylic oxidation sites excluding steroid dienone is 3. The predicted octanol–water partition coefficient (Wildman–Crippen LogP) is 4.43. The first-order valence-corrected chi connectivity index (χ1v) is 8.22. The summed E-state index contributed by atoms with van der Waals surface area (Å²) in [5, 5.41) is 0. The second-order valence-electron chi connectivity index (χ2n) is 5.85. The van der Waals surface area contributed by atoms with Crippen LogP contribution in [0.5, 0.6) is 0 Å². The largest absolute Gasteiger partial charge is 0.460 e. The summed E-state index contributed by atoms with van der Waals surface area (Å²) in [5.41, 5.74) is 0. The molecule has 3 unspecified atom stereocenters. The third-order valence-electron chi connectivity index (χ3n) is 3.90. The van der Waals surface area contributed by atoms with Gasteiger partial charge in [0, 0.05) is 6.61 Å². The van der Waals surface area contributed by atoms with Crippen molar-refractivity contribution in [1.82, 2.24) is 0 Å². The van der Waals surface area contributed by atoms with Crippen LogP contribution in [0.2, 0.25) is 0 Å². The Morgan fingerprint density at radius 2 is 2.05 bits per heavy atom. The third-order valence-corrected chi connectivity index (χ3v) is 3.90. The Labute approximate surface area is 129 Å². The molecule has 0 aromatic heterocycles. The van der Waals surface area contributed by atoms with Crippen LogP contribution in [0.3, 0.4) is 0 Å². The Hall–Kier alpha value is -1.09. The van der Waals surface area contributed by atoms with Crippen molar-refractivity contribution in [1.29, 1.82) is 0 Å². The minimum absolute atomic E-state index is 0.0648. The van der Waals surface area contributed by atoms with Crippen LogP contribution in [0, 0.1) is 5.92 Å². The van der Waals surface area contributed by atoms with Crippen molar-refractivity contribution in [3.05, 3.63) is 24.8 Å². The molecule has 0 aromatic rings. The van der Waals surface area contributed by atoms with E-state index in [1.165, 1.54) is 0 Å². The lowest BCUT2D eigenvalue weighted by Crippen LogP contribution is -2.36. The Morgan fingerprint density at radius 1 is 1.33 bits per heavy atom. The minimum Gasteiger partial charge on any atom is -0.460 e. The Balaban J connectivity index is 2.34. The molecule has 3 atom stereocenters. The fourth-order valence-corrected chi connectivity index (χ4v) is 2.55. The van der Waals surface area contributed by atoms with Gasteiger partial charge in [0.05, 0.1) is 12.5 Å². The van der Waals surface area contributed by atoms with Crippen LogP contribution in [0.15, 0.2) is 24.8 Å². The zero-order chi connectivity index (χ0) is 15.5. The zero-order valence-electron chi connectivity index (χ0n) is 13.6. The maximum Gasteiger partial charge on any atom is 0.306 e. The average molecular weight is 294 g/mol. The van der Waals surface area contributed by atoms with E-state index in [0.717, 1.165) is 45.1 Å². The van der Waals surface area contributed by atoms with Gasteiger partial charge in [0.2, 0.25) is 0 Å². The molecule has 0 saturated heterocycles. The van der Waals surface area contributed by atoms with Crippen LogP contribution in [-0.2, 0) is 14.3 Å². The fraction of sp³-hybridized carbons (Fsp3) is 0.722. The van der Waals surface area contributed by atoms with E-state index >= 15 is 0 Å². The molecule has 0 N–H and O–H groups in total. The quantitative estimate of drug-likeness (QED) is 0.358. The molecule has 0 heterocycles. The van der Waals surface area contributed by atoms with Crippen molar-refractivity contribution in [2.45, 2.75) is 71.0 Å². The van der Waals surface area contributed by atoms with E-state index in [1.807, 2.05) is 13.8 Å². The van der Waals surface area contributed by atoms with Gasteiger partial charge in [-0.2, -0.15) is 0 Å². The number of unbranched alkanes of at least 4 members (excludes halogenated alkanes) is 1. The topological polar surface area (TPSA) is 35.5 Å². The monoisotopic (exact) mass is 294 g/mol. The first-order valence-electron chi connectivity index (χ1n) is 8.22. The summed E-state index contributed by atoms with van der Waals surface area (Å²) in [6.45, 7) is 8.45. The molecule has 0 amide bonds. The second-order valence-corrected chi connectivity index (χ2v) is 5.85. The molecule has 21 heavy (non-hydrogen) atoms. The van der Waals surface area contributed by atoms with E-state index < -0.39 is 0 Å². The maximum absolute atomic E-state index is 11.9. The summed E-state index contributed by atoms with van der Waals surface area (Å²) in [7, 11) is 0. The molecule has 1 aliphatic rings. The van der Waals surface area contributed by atoms with Gasteiger partial charge in [-0.1, -0.05) is 31.6 Å². The summed E-state index contributed by atoms with van der Waals surface area (Å²) < 4.78 is 11.6. The van der Waals surface area contributed by atoms with Crippen molar-refractivity contribution < 1.29 is 14.3 Å². The first-order chi connectivity index (χ1) is 10.2. The van der Waals surface area contributed by atoms with Crippen molar-refractivity contribution >= 4 is 5.97 Å². The third kappa shape index (κ3) is 7.47. The van der Waals surface area contributed by atoms with Crippen LogP contribution in [0.25, 0.3) is 0 Å². The van der Waals surface area contributed by atoms with Crippen LogP contribution in [0.4, 0.5) is 0 Å². The van der Waals surface area contributed by atoms with E-state index in [1.54, 1.807) is 6.08 Å². The number of rotatable bonds is 9. The maximum atomic E-state index is 11.9. The molecule has 3 nitrogen and oxygen atoms in total.